The Kier molecular flexibility index (Phi) is 5.41. The number of anilines is 1. The number of ether oxygens (including phenoxy) is 1. The molecule has 1 aromatic heterocycles. The van der Waals surface area contributed by atoms with Gasteiger partial charge in [0.1, 0.15) is 5.03 Å². The van der Waals surface area contributed by atoms with E-state index in [4.69, 9.17) is 4.74 Å². The Hall–Kier alpha value is -1.63. The van der Waals surface area contributed by atoms with E-state index >= 15 is 0 Å². The van der Waals surface area contributed by atoms with Gasteiger partial charge in [-0.25, -0.2) is 0 Å². The van der Waals surface area contributed by atoms with Crippen molar-refractivity contribution in [1.82, 2.24) is 10.2 Å². The van der Waals surface area contributed by atoms with E-state index in [1.54, 1.807) is 19.1 Å². The smallest absolute Gasteiger partial charge is 0.316 e. The molecule has 0 radical (unpaired) electrons. The van der Waals surface area contributed by atoms with E-state index in [1.165, 1.54) is 18.7 Å². The molecule has 0 aliphatic heterocycles. The summed E-state index contributed by atoms with van der Waals surface area (Å²) in [7, 11) is 0. The molecule has 0 aliphatic carbocycles. The zero-order chi connectivity index (χ0) is 12.7. The van der Waals surface area contributed by atoms with Crippen LogP contribution in [0.25, 0.3) is 0 Å². The Bertz CT molecular complexity index is 394. The monoisotopic (exact) mass is 255 g/mol. The van der Waals surface area contributed by atoms with Crippen LogP contribution in [0.3, 0.4) is 0 Å². The molecule has 0 aromatic carbocycles. The van der Waals surface area contributed by atoms with Gasteiger partial charge in [0.05, 0.1) is 12.4 Å². The number of nitrogens with one attached hydrogen (secondary N) is 1. The van der Waals surface area contributed by atoms with Gasteiger partial charge in [-0.05, 0) is 19.1 Å². The lowest BCUT2D eigenvalue weighted by Crippen LogP contribution is -2.09. The molecular formula is C10H13N3O3S. The average Bonchev–Trinajstić information content (AvgIpc) is 2.28. The van der Waals surface area contributed by atoms with E-state index in [0.717, 1.165) is 0 Å². The maximum Gasteiger partial charge on any atom is 0.316 e. The molecule has 92 valence electrons. The molecule has 0 bridgehead atoms. The van der Waals surface area contributed by atoms with Gasteiger partial charge in [-0.1, -0.05) is 11.8 Å². The van der Waals surface area contributed by atoms with Crippen LogP contribution in [0.4, 0.5) is 5.82 Å². The Morgan fingerprint density at radius 1 is 1.41 bits per heavy atom. The van der Waals surface area contributed by atoms with Crippen LogP contribution in [0.15, 0.2) is 17.2 Å². The van der Waals surface area contributed by atoms with Crippen molar-refractivity contribution in [2.75, 3.05) is 17.7 Å². The first-order chi connectivity index (χ1) is 8.11. The number of nitrogens with zero attached hydrogens (tertiary/aromatic N) is 2. The summed E-state index contributed by atoms with van der Waals surface area (Å²) in [5, 5.41) is 10.7. The number of esters is 1. The van der Waals surface area contributed by atoms with Crippen LogP contribution in [0.2, 0.25) is 0 Å². The summed E-state index contributed by atoms with van der Waals surface area (Å²) in [5.41, 5.74) is 0. The first-order valence-corrected chi connectivity index (χ1v) is 6.00. The lowest BCUT2D eigenvalue weighted by Gasteiger charge is -2.02. The summed E-state index contributed by atoms with van der Waals surface area (Å²) in [6.07, 6.45) is 0. The molecule has 0 unspecified atom stereocenters. The highest BCUT2D eigenvalue weighted by Gasteiger charge is 2.05. The molecular weight excluding hydrogens is 242 g/mol. The number of amides is 1. The predicted molar refractivity (Wildman–Crippen MR) is 63.7 cm³/mol. The third kappa shape index (κ3) is 5.30. The van der Waals surface area contributed by atoms with Crippen molar-refractivity contribution >= 4 is 29.5 Å². The van der Waals surface area contributed by atoms with Gasteiger partial charge in [0.15, 0.2) is 5.82 Å². The average molecular weight is 255 g/mol. The lowest BCUT2D eigenvalue weighted by atomic mass is 10.5. The largest absolute Gasteiger partial charge is 0.465 e. The minimum absolute atomic E-state index is 0.196. The summed E-state index contributed by atoms with van der Waals surface area (Å²) in [5.74, 6) is 0.0941. The van der Waals surface area contributed by atoms with Crippen LogP contribution < -0.4 is 5.32 Å². The molecule has 6 nitrogen and oxygen atoms in total. The molecule has 0 saturated carbocycles. The molecule has 1 aromatic rings. The second-order valence-corrected chi connectivity index (χ2v) is 4.03. The molecule has 0 saturated heterocycles. The fraction of sp³-hybridized carbons (Fsp3) is 0.400. The summed E-state index contributed by atoms with van der Waals surface area (Å²) in [4.78, 5) is 21.8. The highest BCUT2D eigenvalue weighted by Crippen LogP contribution is 2.15. The van der Waals surface area contributed by atoms with Gasteiger partial charge >= 0.3 is 5.97 Å². The van der Waals surface area contributed by atoms with E-state index in [-0.39, 0.29) is 17.6 Å². The molecule has 0 aliphatic rings. The molecule has 0 atom stereocenters. The van der Waals surface area contributed by atoms with E-state index in [0.29, 0.717) is 17.5 Å². The van der Waals surface area contributed by atoms with Crippen molar-refractivity contribution in [2.45, 2.75) is 18.9 Å². The Balaban J connectivity index is 2.45. The number of carbonyl (C=O) groups excluding carboxylic acids is 2. The molecule has 1 amide bonds. The van der Waals surface area contributed by atoms with Crippen molar-refractivity contribution in [2.24, 2.45) is 0 Å². The van der Waals surface area contributed by atoms with Crippen molar-refractivity contribution in [1.29, 1.82) is 0 Å². The van der Waals surface area contributed by atoms with Gasteiger partial charge in [0.25, 0.3) is 0 Å². The molecule has 1 N–H and O–H groups in total. The number of hydrogen-bond acceptors (Lipinski definition) is 6. The molecule has 0 fully saturated rings. The van der Waals surface area contributed by atoms with Crippen LogP contribution in [0, 0.1) is 0 Å². The third-order valence-corrected chi connectivity index (χ3v) is 2.48. The highest BCUT2D eigenvalue weighted by atomic mass is 32.2. The minimum Gasteiger partial charge on any atom is -0.465 e. The van der Waals surface area contributed by atoms with Gasteiger partial charge in [0.2, 0.25) is 5.91 Å². The zero-order valence-corrected chi connectivity index (χ0v) is 10.4. The topological polar surface area (TPSA) is 81.2 Å². The van der Waals surface area contributed by atoms with Crippen molar-refractivity contribution < 1.29 is 14.3 Å². The lowest BCUT2D eigenvalue weighted by molar-refractivity contribution is -0.139. The summed E-state index contributed by atoms with van der Waals surface area (Å²) < 4.78 is 4.78. The maximum absolute atomic E-state index is 11.1. The predicted octanol–water partition coefficient (Wildman–Crippen LogP) is 1.09. The van der Waals surface area contributed by atoms with E-state index in [1.807, 2.05) is 0 Å². The van der Waals surface area contributed by atoms with Gasteiger partial charge in [0, 0.05) is 6.92 Å². The summed E-state index contributed by atoms with van der Waals surface area (Å²) >= 11 is 1.24. The van der Waals surface area contributed by atoms with Gasteiger partial charge in [-0.2, -0.15) is 0 Å². The van der Waals surface area contributed by atoms with Gasteiger partial charge in [-0.3, -0.25) is 9.59 Å². The summed E-state index contributed by atoms with van der Waals surface area (Å²) in [6, 6.07) is 3.31. The third-order valence-electron chi connectivity index (χ3n) is 1.59. The Morgan fingerprint density at radius 3 is 2.71 bits per heavy atom. The quantitative estimate of drug-likeness (QED) is 0.626. The second-order valence-electron chi connectivity index (χ2n) is 3.03. The first kappa shape index (κ1) is 13.4. The van der Waals surface area contributed by atoms with Gasteiger partial charge in [-0.15, -0.1) is 10.2 Å². The SMILES string of the molecule is CCOC(=O)CSc1ccc(NC(C)=O)nn1. The van der Waals surface area contributed by atoms with Crippen molar-refractivity contribution in [3.05, 3.63) is 12.1 Å². The van der Waals surface area contributed by atoms with Crippen molar-refractivity contribution in [3.63, 3.8) is 0 Å². The van der Waals surface area contributed by atoms with E-state index < -0.39 is 0 Å². The van der Waals surface area contributed by atoms with E-state index in [9.17, 15) is 9.59 Å². The number of hydrogen-bond donors (Lipinski definition) is 1. The number of thioether (sulfide) groups is 1. The van der Waals surface area contributed by atoms with Crippen LogP contribution in [-0.4, -0.2) is 34.4 Å². The van der Waals surface area contributed by atoms with Crippen LogP contribution in [0.1, 0.15) is 13.8 Å². The number of carbonyl (C=O) groups is 2. The highest BCUT2D eigenvalue weighted by molar-refractivity contribution is 7.99. The van der Waals surface area contributed by atoms with Crippen molar-refractivity contribution in [3.8, 4) is 0 Å². The first-order valence-electron chi connectivity index (χ1n) is 5.01. The Morgan fingerprint density at radius 2 is 2.18 bits per heavy atom. The number of rotatable bonds is 5. The summed E-state index contributed by atoms with van der Waals surface area (Å²) in [6.45, 7) is 3.52. The second kappa shape index (κ2) is 6.85. The fourth-order valence-corrected chi connectivity index (χ4v) is 1.59. The molecule has 1 rings (SSSR count). The van der Waals surface area contributed by atoms with Crippen LogP contribution in [0.5, 0.6) is 0 Å². The standard InChI is InChI=1S/C10H13N3O3S/c1-3-16-10(15)6-17-9-5-4-8(12-13-9)11-7(2)14/h4-5H,3,6H2,1-2H3,(H,11,12,14). The number of aromatic nitrogens is 2. The molecule has 7 heteroatoms. The normalized spacial score (nSPS) is 9.76. The van der Waals surface area contributed by atoms with Crippen LogP contribution >= 0.6 is 11.8 Å². The molecule has 0 spiro atoms. The molecule has 17 heavy (non-hydrogen) atoms. The maximum atomic E-state index is 11.1. The van der Waals surface area contributed by atoms with Crippen LogP contribution in [-0.2, 0) is 14.3 Å². The van der Waals surface area contributed by atoms with E-state index in [2.05, 4.69) is 15.5 Å². The minimum atomic E-state index is -0.287. The zero-order valence-electron chi connectivity index (χ0n) is 9.60. The molecule has 1 heterocycles. The fourth-order valence-electron chi connectivity index (χ4n) is 0.980. The Labute approximate surface area is 103 Å². The van der Waals surface area contributed by atoms with Gasteiger partial charge < -0.3 is 10.1 Å².